The average Bonchev–Trinajstić information content (AvgIpc) is 2.30. The van der Waals surface area contributed by atoms with E-state index < -0.39 is 0 Å². The van der Waals surface area contributed by atoms with E-state index in [2.05, 4.69) is 31.9 Å². The summed E-state index contributed by atoms with van der Waals surface area (Å²) in [5, 5.41) is 1.32. The van der Waals surface area contributed by atoms with Crippen LogP contribution < -0.4 is 0 Å². The molecule has 1 aromatic rings. The van der Waals surface area contributed by atoms with Gasteiger partial charge in [-0.3, -0.25) is 4.79 Å². The highest BCUT2D eigenvalue weighted by molar-refractivity contribution is 9.10. The second-order valence-corrected chi connectivity index (χ2v) is 6.26. The van der Waals surface area contributed by atoms with Crippen molar-refractivity contribution in [3.8, 4) is 0 Å². The third kappa shape index (κ3) is 3.46. The molecule has 0 aromatic heterocycles. The van der Waals surface area contributed by atoms with Crippen LogP contribution in [0, 0.1) is 0 Å². The van der Waals surface area contributed by atoms with Gasteiger partial charge in [0.25, 0.3) is 5.91 Å². The van der Waals surface area contributed by atoms with Gasteiger partial charge >= 0.3 is 0 Å². The van der Waals surface area contributed by atoms with Crippen molar-refractivity contribution in [2.45, 2.75) is 19.4 Å². The van der Waals surface area contributed by atoms with Gasteiger partial charge in [0.2, 0.25) is 0 Å². The lowest BCUT2D eigenvalue weighted by molar-refractivity contribution is 0.0663. The molecule has 0 aliphatic rings. The van der Waals surface area contributed by atoms with E-state index in [9.17, 15) is 4.79 Å². The van der Waals surface area contributed by atoms with Crippen molar-refractivity contribution in [2.75, 3.05) is 12.4 Å². The maximum atomic E-state index is 12.3. The molecule has 0 saturated heterocycles. The summed E-state index contributed by atoms with van der Waals surface area (Å²) in [4.78, 5) is 14.0. The van der Waals surface area contributed by atoms with Crippen molar-refractivity contribution < 1.29 is 4.79 Å². The van der Waals surface area contributed by atoms with Crippen molar-refractivity contribution in [2.24, 2.45) is 0 Å². The molecule has 17 heavy (non-hydrogen) atoms. The molecule has 0 fully saturated rings. The summed E-state index contributed by atoms with van der Waals surface area (Å²) in [5.74, 6) is -0.0215. The molecule has 0 radical (unpaired) electrons. The molecule has 0 N–H and O–H groups in total. The summed E-state index contributed by atoms with van der Waals surface area (Å²) in [7, 11) is 1.80. The fraction of sp³-hybridized carbons (Fsp3) is 0.417. The Bertz CT molecular complexity index is 435. The van der Waals surface area contributed by atoms with Gasteiger partial charge < -0.3 is 4.90 Å². The van der Waals surface area contributed by atoms with Crippen molar-refractivity contribution >= 4 is 49.4 Å². The molecule has 0 aliphatic heterocycles. The molecule has 1 rings (SSSR count). The van der Waals surface area contributed by atoms with Crippen LogP contribution >= 0.6 is 43.5 Å². The summed E-state index contributed by atoms with van der Waals surface area (Å²) in [6, 6.07) is 5.19. The van der Waals surface area contributed by atoms with E-state index >= 15 is 0 Å². The van der Waals surface area contributed by atoms with Gasteiger partial charge in [-0.25, -0.2) is 0 Å². The van der Waals surface area contributed by atoms with Crippen LogP contribution in [0.15, 0.2) is 22.7 Å². The van der Waals surface area contributed by atoms with Gasteiger partial charge in [0.15, 0.2) is 0 Å². The van der Waals surface area contributed by atoms with E-state index in [0.717, 1.165) is 9.80 Å². The molecule has 2 nitrogen and oxygen atoms in total. The predicted octanol–water partition coefficient (Wildman–Crippen LogP) is 4.35. The summed E-state index contributed by atoms with van der Waals surface area (Å²) in [6.45, 7) is 4.01. The van der Waals surface area contributed by atoms with Gasteiger partial charge in [-0.2, -0.15) is 0 Å². The minimum atomic E-state index is -0.233. The lowest BCUT2D eigenvalue weighted by atomic mass is 10.1. The fourth-order valence-corrected chi connectivity index (χ4v) is 2.06. The van der Waals surface area contributed by atoms with E-state index in [1.54, 1.807) is 30.1 Å². The maximum absolute atomic E-state index is 12.3. The first kappa shape index (κ1) is 15.0. The molecule has 1 amide bonds. The molecular formula is C12H14Br2ClNO. The van der Waals surface area contributed by atoms with Crippen LogP contribution in [0.1, 0.15) is 24.2 Å². The van der Waals surface area contributed by atoms with Crippen LogP contribution in [0.3, 0.4) is 0 Å². The first-order valence-corrected chi connectivity index (χ1v) is 7.38. The summed E-state index contributed by atoms with van der Waals surface area (Å²) in [6.07, 6.45) is 0. The third-order valence-corrected chi connectivity index (χ3v) is 5.29. The highest BCUT2D eigenvalue weighted by Crippen LogP contribution is 2.25. The van der Waals surface area contributed by atoms with Crippen molar-refractivity contribution in [1.82, 2.24) is 4.90 Å². The number of alkyl halides is 1. The van der Waals surface area contributed by atoms with Crippen LogP contribution in [-0.2, 0) is 0 Å². The first-order valence-electron chi connectivity index (χ1n) is 5.09. The van der Waals surface area contributed by atoms with Crippen LogP contribution in [0.5, 0.6) is 0 Å². The molecule has 0 unspecified atom stereocenters. The second kappa shape index (κ2) is 5.72. The minimum absolute atomic E-state index is 0.0215. The molecule has 0 bridgehead atoms. The number of amides is 1. The van der Waals surface area contributed by atoms with Gasteiger partial charge in [0.1, 0.15) is 0 Å². The molecule has 0 spiro atoms. The van der Waals surface area contributed by atoms with Crippen LogP contribution in [0.4, 0.5) is 0 Å². The highest BCUT2D eigenvalue weighted by Gasteiger charge is 2.27. The Morgan fingerprint density at radius 3 is 2.53 bits per heavy atom. The third-order valence-electron chi connectivity index (χ3n) is 2.71. The zero-order valence-corrected chi connectivity index (χ0v) is 13.9. The number of benzene rings is 1. The van der Waals surface area contributed by atoms with Crippen LogP contribution in [0.25, 0.3) is 0 Å². The topological polar surface area (TPSA) is 20.3 Å². The van der Waals surface area contributed by atoms with Gasteiger partial charge in [-0.1, -0.05) is 27.5 Å². The van der Waals surface area contributed by atoms with Gasteiger partial charge in [0.05, 0.1) is 5.02 Å². The highest BCUT2D eigenvalue weighted by atomic mass is 79.9. The van der Waals surface area contributed by atoms with E-state index in [1.807, 2.05) is 13.8 Å². The molecule has 94 valence electrons. The second-order valence-electron chi connectivity index (χ2n) is 4.44. The molecule has 1 aromatic carbocycles. The smallest absolute Gasteiger partial charge is 0.254 e. The first-order chi connectivity index (χ1) is 7.79. The quantitative estimate of drug-likeness (QED) is 0.711. The number of carbonyl (C=O) groups is 1. The molecule has 5 heteroatoms. The molecule has 0 aliphatic carbocycles. The predicted molar refractivity (Wildman–Crippen MR) is 79.1 cm³/mol. The summed E-state index contributed by atoms with van der Waals surface area (Å²) < 4.78 is 0.732. The Morgan fingerprint density at radius 1 is 1.47 bits per heavy atom. The monoisotopic (exact) mass is 381 g/mol. The van der Waals surface area contributed by atoms with Crippen LogP contribution in [-0.4, -0.2) is 28.7 Å². The van der Waals surface area contributed by atoms with Gasteiger partial charge in [0, 0.05) is 28.0 Å². The molecular weight excluding hydrogens is 369 g/mol. The Kier molecular flexibility index (Phi) is 5.05. The van der Waals surface area contributed by atoms with Gasteiger partial charge in [-0.05, 0) is 48.0 Å². The summed E-state index contributed by atoms with van der Waals surface area (Å²) in [5.41, 5.74) is 0.390. The number of hydrogen-bond donors (Lipinski definition) is 0. The van der Waals surface area contributed by atoms with E-state index in [0.29, 0.717) is 10.6 Å². The standard InChI is InChI=1S/C12H14Br2ClNO/c1-12(2,7-13)16(3)11(17)8-4-5-10(15)9(14)6-8/h4-6H,7H2,1-3H3. The number of nitrogens with zero attached hydrogens (tertiary/aromatic N) is 1. The Balaban J connectivity index is 3.01. The molecule has 0 heterocycles. The number of hydrogen-bond acceptors (Lipinski definition) is 1. The number of rotatable bonds is 3. The normalized spacial score (nSPS) is 11.4. The lowest BCUT2D eigenvalue weighted by Gasteiger charge is -2.34. The number of carbonyl (C=O) groups excluding carboxylic acids is 1. The van der Waals surface area contributed by atoms with Crippen LogP contribution in [0.2, 0.25) is 5.02 Å². The Labute approximate surface area is 124 Å². The molecule has 0 saturated carbocycles. The van der Waals surface area contributed by atoms with Crippen molar-refractivity contribution in [3.05, 3.63) is 33.3 Å². The zero-order valence-electron chi connectivity index (χ0n) is 9.93. The van der Waals surface area contributed by atoms with Crippen molar-refractivity contribution in [1.29, 1.82) is 0 Å². The van der Waals surface area contributed by atoms with Gasteiger partial charge in [-0.15, -0.1) is 0 Å². The fourth-order valence-electron chi connectivity index (χ4n) is 1.19. The van der Waals surface area contributed by atoms with Crippen molar-refractivity contribution in [3.63, 3.8) is 0 Å². The zero-order chi connectivity index (χ0) is 13.2. The lowest BCUT2D eigenvalue weighted by Crippen LogP contribution is -2.46. The molecule has 0 atom stereocenters. The number of halogens is 3. The Morgan fingerprint density at radius 2 is 2.06 bits per heavy atom. The SMILES string of the molecule is CN(C(=O)c1ccc(Cl)c(Br)c1)C(C)(C)CBr. The Hall–Kier alpha value is -0.0600. The minimum Gasteiger partial charge on any atom is -0.336 e. The largest absolute Gasteiger partial charge is 0.336 e. The van der Waals surface area contributed by atoms with E-state index in [-0.39, 0.29) is 11.4 Å². The van der Waals surface area contributed by atoms with E-state index in [4.69, 9.17) is 11.6 Å². The average molecular weight is 384 g/mol. The van der Waals surface area contributed by atoms with E-state index in [1.165, 1.54) is 0 Å². The maximum Gasteiger partial charge on any atom is 0.254 e. The summed E-state index contributed by atoms with van der Waals surface area (Å²) >= 11 is 12.6.